The summed E-state index contributed by atoms with van der Waals surface area (Å²) in [6, 6.07) is 8.34. The molecule has 0 saturated carbocycles. The molecule has 1 aromatic carbocycles. The summed E-state index contributed by atoms with van der Waals surface area (Å²) in [5.74, 6) is 2.02. The number of hydrogen-bond donors (Lipinski definition) is 1. The van der Waals surface area contributed by atoms with E-state index in [4.69, 9.17) is 9.47 Å². The van der Waals surface area contributed by atoms with Crippen molar-refractivity contribution in [3.8, 4) is 11.4 Å². The van der Waals surface area contributed by atoms with Crippen molar-refractivity contribution < 1.29 is 9.47 Å². The fourth-order valence-corrected chi connectivity index (χ4v) is 3.43. The number of nitrogens with one attached hydrogen (secondary N) is 1. The number of benzene rings is 1. The minimum atomic E-state index is 0.141. The number of imidazole rings is 1. The number of aromatic amines is 1. The van der Waals surface area contributed by atoms with E-state index in [-0.39, 0.29) is 6.10 Å². The van der Waals surface area contributed by atoms with Gasteiger partial charge in [-0.1, -0.05) is 24.3 Å². The molecule has 2 aromatic heterocycles. The van der Waals surface area contributed by atoms with Crippen LogP contribution in [-0.4, -0.2) is 38.4 Å². The molecule has 7 heteroatoms. The Hall–Kier alpha value is -2.51. The van der Waals surface area contributed by atoms with Gasteiger partial charge in [-0.15, -0.1) is 0 Å². The molecule has 1 fully saturated rings. The van der Waals surface area contributed by atoms with Gasteiger partial charge in [0.2, 0.25) is 0 Å². The third-order valence-electron chi connectivity index (χ3n) is 4.77. The molecule has 0 amide bonds. The van der Waals surface area contributed by atoms with Gasteiger partial charge in [-0.25, -0.2) is 9.97 Å². The van der Waals surface area contributed by atoms with Gasteiger partial charge in [-0.3, -0.25) is 5.10 Å². The van der Waals surface area contributed by atoms with Gasteiger partial charge in [0.1, 0.15) is 6.61 Å². The number of nitrogens with zero attached hydrogens (tertiary/aromatic N) is 4. The predicted molar refractivity (Wildman–Crippen MR) is 96.2 cm³/mol. The fourth-order valence-electron chi connectivity index (χ4n) is 3.43. The first-order valence-corrected chi connectivity index (χ1v) is 8.89. The molecule has 0 bridgehead atoms. The van der Waals surface area contributed by atoms with E-state index in [1.165, 1.54) is 5.56 Å². The van der Waals surface area contributed by atoms with E-state index in [1.54, 1.807) is 7.11 Å². The normalized spacial score (nSPS) is 20.3. The van der Waals surface area contributed by atoms with Gasteiger partial charge < -0.3 is 14.0 Å². The molecule has 2 unspecified atom stereocenters. The highest BCUT2D eigenvalue weighted by Gasteiger charge is 2.24. The lowest BCUT2D eigenvalue weighted by Gasteiger charge is -2.30. The SMILES string of the molecule is COCc1nc(-c2ccc(C3CC(Cn4ccnc4)CCO3)cc2)n[nH]1. The van der Waals surface area contributed by atoms with Crippen LogP contribution in [0, 0.1) is 5.92 Å². The molecular weight excluding hydrogens is 330 g/mol. The van der Waals surface area contributed by atoms with Crippen molar-refractivity contribution in [3.63, 3.8) is 0 Å². The van der Waals surface area contributed by atoms with E-state index < -0.39 is 0 Å². The van der Waals surface area contributed by atoms with Gasteiger partial charge >= 0.3 is 0 Å². The average molecular weight is 353 g/mol. The number of aromatic nitrogens is 5. The summed E-state index contributed by atoms with van der Waals surface area (Å²) in [5, 5.41) is 7.14. The van der Waals surface area contributed by atoms with Crippen LogP contribution in [0.1, 0.15) is 30.3 Å². The highest BCUT2D eigenvalue weighted by molar-refractivity contribution is 5.55. The molecule has 0 aliphatic carbocycles. The highest BCUT2D eigenvalue weighted by atomic mass is 16.5. The van der Waals surface area contributed by atoms with Crippen molar-refractivity contribution in [2.45, 2.75) is 32.1 Å². The molecule has 26 heavy (non-hydrogen) atoms. The van der Waals surface area contributed by atoms with Gasteiger partial charge in [0.15, 0.2) is 11.6 Å². The van der Waals surface area contributed by atoms with Crippen molar-refractivity contribution in [2.24, 2.45) is 5.92 Å². The quantitative estimate of drug-likeness (QED) is 0.737. The average Bonchev–Trinajstić information content (AvgIpc) is 3.35. The summed E-state index contributed by atoms with van der Waals surface area (Å²) < 4.78 is 13.2. The van der Waals surface area contributed by atoms with Gasteiger partial charge in [0.05, 0.1) is 12.4 Å². The molecule has 1 aliphatic heterocycles. The molecule has 2 atom stereocenters. The molecule has 3 heterocycles. The Balaban J connectivity index is 1.42. The van der Waals surface area contributed by atoms with Crippen molar-refractivity contribution in [3.05, 3.63) is 54.4 Å². The number of rotatable bonds is 6. The molecule has 4 rings (SSSR count). The van der Waals surface area contributed by atoms with Crippen LogP contribution >= 0.6 is 0 Å². The third-order valence-corrected chi connectivity index (χ3v) is 4.77. The van der Waals surface area contributed by atoms with Gasteiger partial charge in [-0.2, -0.15) is 5.10 Å². The summed E-state index contributed by atoms with van der Waals surface area (Å²) in [5.41, 5.74) is 2.19. The van der Waals surface area contributed by atoms with Crippen molar-refractivity contribution in [1.29, 1.82) is 0 Å². The van der Waals surface area contributed by atoms with E-state index in [0.717, 1.165) is 37.4 Å². The summed E-state index contributed by atoms with van der Waals surface area (Å²) in [6.07, 6.45) is 7.99. The van der Waals surface area contributed by atoms with Crippen molar-refractivity contribution in [2.75, 3.05) is 13.7 Å². The maximum absolute atomic E-state index is 6.02. The smallest absolute Gasteiger partial charge is 0.181 e. The van der Waals surface area contributed by atoms with Crippen LogP contribution in [0.4, 0.5) is 0 Å². The molecular formula is C19H23N5O2. The molecule has 0 spiro atoms. The Kier molecular flexibility index (Phi) is 5.08. The molecule has 7 nitrogen and oxygen atoms in total. The van der Waals surface area contributed by atoms with E-state index in [1.807, 2.05) is 18.7 Å². The lowest BCUT2D eigenvalue weighted by Crippen LogP contribution is -2.23. The fraction of sp³-hybridized carbons (Fsp3) is 0.421. The van der Waals surface area contributed by atoms with E-state index >= 15 is 0 Å². The Morgan fingerprint density at radius 2 is 2.19 bits per heavy atom. The Labute approximate surface area is 152 Å². The van der Waals surface area contributed by atoms with Crippen molar-refractivity contribution in [1.82, 2.24) is 24.7 Å². The zero-order chi connectivity index (χ0) is 17.8. The van der Waals surface area contributed by atoms with E-state index in [2.05, 4.69) is 49.0 Å². The van der Waals surface area contributed by atoms with Crippen LogP contribution < -0.4 is 0 Å². The number of hydrogen-bond acceptors (Lipinski definition) is 5. The van der Waals surface area contributed by atoms with Crippen LogP contribution in [-0.2, 0) is 22.6 Å². The van der Waals surface area contributed by atoms with E-state index in [9.17, 15) is 0 Å². The van der Waals surface area contributed by atoms with Gasteiger partial charge in [0.25, 0.3) is 0 Å². The summed E-state index contributed by atoms with van der Waals surface area (Å²) in [4.78, 5) is 8.56. The van der Waals surface area contributed by atoms with Crippen LogP contribution in [0.25, 0.3) is 11.4 Å². The molecule has 3 aromatic rings. The monoisotopic (exact) mass is 353 g/mol. The molecule has 136 valence electrons. The second-order valence-electron chi connectivity index (χ2n) is 6.67. The van der Waals surface area contributed by atoms with Crippen molar-refractivity contribution >= 4 is 0 Å². The maximum atomic E-state index is 6.02. The summed E-state index contributed by atoms with van der Waals surface area (Å²) in [7, 11) is 1.64. The standard InChI is InChI=1S/C19H23N5O2/c1-25-12-18-21-19(23-22-18)16-4-2-15(3-5-16)17-10-14(6-9-26-17)11-24-8-7-20-13-24/h2-5,7-8,13-14,17H,6,9-12H2,1H3,(H,21,22,23). The second kappa shape index (κ2) is 7.80. The van der Waals surface area contributed by atoms with Gasteiger partial charge in [-0.05, 0) is 24.3 Å². The first-order chi connectivity index (χ1) is 12.8. The maximum Gasteiger partial charge on any atom is 0.181 e. The van der Waals surface area contributed by atoms with Gasteiger partial charge in [0, 0.05) is 38.2 Å². The second-order valence-corrected chi connectivity index (χ2v) is 6.67. The Morgan fingerprint density at radius 1 is 1.31 bits per heavy atom. The van der Waals surface area contributed by atoms with Crippen LogP contribution in [0.5, 0.6) is 0 Å². The molecule has 1 saturated heterocycles. The minimum Gasteiger partial charge on any atom is -0.377 e. The topological polar surface area (TPSA) is 77.8 Å². The largest absolute Gasteiger partial charge is 0.377 e. The molecule has 1 N–H and O–H groups in total. The van der Waals surface area contributed by atoms with Crippen LogP contribution in [0.15, 0.2) is 43.0 Å². The zero-order valence-electron chi connectivity index (χ0n) is 14.8. The number of ether oxygens (including phenoxy) is 2. The zero-order valence-corrected chi connectivity index (χ0v) is 14.8. The predicted octanol–water partition coefficient (Wildman–Crippen LogP) is 2.98. The first-order valence-electron chi connectivity index (χ1n) is 8.89. The number of methoxy groups -OCH3 is 1. The lowest BCUT2D eigenvalue weighted by molar-refractivity contribution is -0.0138. The van der Waals surface area contributed by atoms with Crippen LogP contribution in [0.3, 0.4) is 0 Å². The Morgan fingerprint density at radius 3 is 2.96 bits per heavy atom. The lowest BCUT2D eigenvalue weighted by atomic mass is 9.91. The molecule has 1 aliphatic rings. The first kappa shape index (κ1) is 16.9. The highest BCUT2D eigenvalue weighted by Crippen LogP contribution is 2.33. The number of H-pyrrole nitrogens is 1. The molecule has 0 radical (unpaired) electrons. The van der Waals surface area contributed by atoms with Crippen LogP contribution in [0.2, 0.25) is 0 Å². The Bertz CT molecular complexity index is 813. The summed E-state index contributed by atoms with van der Waals surface area (Å²) in [6.45, 7) is 2.23. The summed E-state index contributed by atoms with van der Waals surface area (Å²) >= 11 is 0. The van der Waals surface area contributed by atoms with E-state index in [0.29, 0.717) is 18.3 Å². The third kappa shape index (κ3) is 3.84. The minimum absolute atomic E-state index is 0.141.